The van der Waals surface area contributed by atoms with Gasteiger partial charge in [-0.25, -0.2) is 0 Å². The summed E-state index contributed by atoms with van der Waals surface area (Å²) in [5.41, 5.74) is 17.1. The highest BCUT2D eigenvalue weighted by Gasteiger charge is 2.22. The van der Waals surface area contributed by atoms with Crippen molar-refractivity contribution < 1.29 is 0 Å². The summed E-state index contributed by atoms with van der Waals surface area (Å²) in [7, 11) is 0. The zero-order valence-corrected chi connectivity index (χ0v) is 29.5. The first-order valence-electron chi connectivity index (χ1n) is 18.8. The second kappa shape index (κ2) is 11.3. The molecule has 3 heteroatoms. The van der Waals surface area contributed by atoms with E-state index in [0.29, 0.717) is 0 Å². The lowest BCUT2D eigenvalue weighted by Gasteiger charge is -2.24. The fraction of sp³-hybridized carbons (Fsp3) is 0.0392. The number of fused-ring (bicyclic) bond motifs is 6. The molecular weight excluding hydrogens is 655 g/mol. The molecule has 0 fully saturated rings. The smallest absolute Gasteiger partial charge is 0.0541 e. The van der Waals surface area contributed by atoms with Gasteiger partial charge >= 0.3 is 0 Å². The van der Waals surface area contributed by atoms with Gasteiger partial charge < -0.3 is 9.13 Å². The molecule has 12 rings (SSSR count). The Balaban J connectivity index is 1.12. The molecule has 0 unspecified atom stereocenters. The van der Waals surface area contributed by atoms with Crippen LogP contribution < -0.4 is 0 Å². The maximum Gasteiger partial charge on any atom is 0.0541 e. The number of pyridine rings is 1. The van der Waals surface area contributed by atoms with Crippen molar-refractivity contribution in [1.29, 1.82) is 0 Å². The fourth-order valence-electron chi connectivity index (χ4n) is 9.44. The maximum atomic E-state index is 4.93. The van der Waals surface area contributed by atoms with Crippen LogP contribution in [0, 0.1) is 0 Å². The molecule has 0 N–H and O–H groups in total. The first-order valence-corrected chi connectivity index (χ1v) is 18.8. The van der Waals surface area contributed by atoms with Gasteiger partial charge in [0.25, 0.3) is 0 Å². The van der Waals surface area contributed by atoms with Gasteiger partial charge in [0.15, 0.2) is 0 Å². The van der Waals surface area contributed by atoms with Crippen LogP contribution in [0.25, 0.3) is 99.7 Å². The highest BCUT2D eigenvalue weighted by molar-refractivity contribution is 6.11. The molecule has 0 saturated heterocycles. The minimum Gasteiger partial charge on any atom is -0.309 e. The third-order valence-corrected chi connectivity index (χ3v) is 11.8. The van der Waals surface area contributed by atoms with Gasteiger partial charge in [-0.15, -0.1) is 0 Å². The summed E-state index contributed by atoms with van der Waals surface area (Å²) in [5, 5.41) is 7.70. The quantitative estimate of drug-likeness (QED) is 0.181. The van der Waals surface area contributed by atoms with E-state index >= 15 is 0 Å². The largest absolute Gasteiger partial charge is 0.309 e. The summed E-state index contributed by atoms with van der Waals surface area (Å²) < 4.78 is 4.85. The molecule has 2 aliphatic rings. The van der Waals surface area contributed by atoms with Crippen LogP contribution in [0.2, 0.25) is 0 Å². The van der Waals surface area contributed by atoms with Gasteiger partial charge in [-0.1, -0.05) is 115 Å². The lowest BCUT2D eigenvalue weighted by Crippen LogP contribution is -2.03. The Bertz CT molecular complexity index is 3040. The van der Waals surface area contributed by atoms with Gasteiger partial charge in [-0.2, -0.15) is 0 Å². The van der Waals surface area contributed by atoms with Crippen LogP contribution in [0.15, 0.2) is 170 Å². The van der Waals surface area contributed by atoms with Crippen LogP contribution in [0.1, 0.15) is 23.1 Å². The van der Waals surface area contributed by atoms with E-state index in [9.17, 15) is 0 Å². The van der Waals surface area contributed by atoms with Crippen molar-refractivity contribution in [3.05, 3.63) is 187 Å². The highest BCUT2D eigenvalue weighted by Crippen LogP contribution is 2.44. The maximum absolute atomic E-state index is 4.93. The Morgan fingerprint density at radius 3 is 1.65 bits per heavy atom. The Morgan fingerprint density at radius 1 is 0.463 bits per heavy atom. The standard InChI is InChI=1S/C51H33N3/c1-5-16-46-41(12-1)42-13-2-6-17-47(42)53(46)38-27-35(28-39(29-38)54-48-18-7-3-14-43(48)44-15-4-8-19-49(44)54)36-26-37(31-52-30-36)40-24-22-34-21-20-32-10-9-11-33-23-25-45(40)51(34)50(32)33/h1-9,11-20,22-31H,10,21H2. The van der Waals surface area contributed by atoms with Gasteiger partial charge in [-0.05, 0) is 106 Å². The third-order valence-electron chi connectivity index (χ3n) is 11.8. The second-order valence-corrected chi connectivity index (χ2v) is 14.7. The van der Waals surface area contributed by atoms with Crippen LogP contribution in [0.4, 0.5) is 0 Å². The van der Waals surface area contributed by atoms with Gasteiger partial charge in [0.1, 0.15) is 0 Å². The van der Waals surface area contributed by atoms with E-state index in [2.05, 4.69) is 173 Å². The van der Waals surface area contributed by atoms with E-state index < -0.39 is 0 Å². The molecule has 252 valence electrons. The van der Waals surface area contributed by atoms with Crippen molar-refractivity contribution in [1.82, 2.24) is 14.1 Å². The number of hydrogen-bond acceptors (Lipinski definition) is 1. The summed E-state index contributed by atoms with van der Waals surface area (Å²) in [5.74, 6) is 0. The van der Waals surface area contributed by atoms with Crippen molar-refractivity contribution >= 4 is 66.0 Å². The first-order chi connectivity index (χ1) is 26.8. The third kappa shape index (κ3) is 4.21. The molecule has 0 radical (unpaired) electrons. The molecule has 10 aromatic rings. The van der Waals surface area contributed by atoms with Crippen molar-refractivity contribution in [3.63, 3.8) is 0 Å². The second-order valence-electron chi connectivity index (χ2n) is 14.7. The van der Waals surface area contributed by atoms with E-state index in [1.165, 1.54) is 82.2 Å². The molecule has 54 heavy (non-hydrogen) atoms. The van der Waals surface area contributed by atoms with Gasteiger partial charge in [0.05, 0.1) is 22.1 Å². The molecule has 0 atom stereocenters. The normalized spacial score (nSPS) is 13.4. The van der Waals surface area contributed by atoms with E-state index in [-0.39, 0.29) is 0 Å². The molecule has 3 heterocycles. The summed E-state index contributed by atoms with van der Waals surface area (Å²) in [6.45, 7) is 0. The van der Waals surface area contributed by atoms with E-state index in [1.807, 2.05) is 12.4 Å². The molecule has 0 saturated carbocycles. The zero-order valence-electron chi connectivity index (χ0n) is 29.5. The lowest BCUT2D eigenvalue weighted by molar-refractivity contribution is 1.13. The average molecular weight is 688 g/mol. The summed E-state index contributed by atoms with van der Waals surface area (Å²) in [4.78, 5) is 4.93. The molecular formula is C51H33N3. The molecule has 7 aromatic carbocycles. The molecule has 2 aliphatic carbocycles. The number of hydrogen-bond donors (Lipinski definition) is 0. The number of rotatable bonds is 4. The monoisotopic (exact) mass is 687 g/mol. The molecule has 0 bridgehead atoms. The topological polar surface area (TPSA) is 22.8 Å². The minimum atomic E-state index is 0.982. The molecule has 3 aromatic heterocycles. The first kappa shape index (κ1) is 29.6. The zero-order chi connectivity index (χ0) is 35.3. The average Bonchev–Trinajstić information content (AvgIpc) is 3.76. The van der Waals surface area contributed by atoms with Crippen molar-refractivity contribution in [2.45, 2.75) is 12.8 Å². The van der Waals surface area contributed by atoms with Crippen molar-refractivity contribution in [2.75, 3.05) is 0 Å². The Labute approximate surface area is 312 Å². The number of aromatic nitrogens is 3. The van der Waals surface area contributed by atoms with Crippen LogP contribution in [-0.2, 0) is 6.42 Å². The van der Waals surface area contributed by atoms with E-state index in [4.69, 9.17) is 4.98 Å². The molecule has 0 amide bonds. The lowest BCUT2D eigenvalue weighted by atomic mass is 9.80. The Morgan fingerprint density at radius 2 is 1.04 bits per heavy atom. The van der Waals surface area contributed by atoms with Gasteiger partial charge in [-0.3, -0.25) is 4.98 Å². The number of para-hydroxylation sites is 4. The number of benzene rings is 7. The predicted molar refractivity (Wildman–Crippen MR) is 227 cm³/mol. The van der Waals surface area contributed by atoms with Crippen LogP contribution in [0.5, 0.6) is 0 Å². The summed E-state index contributed by atoms with van der Waals surface area (Å²) >= 11 is 0. The molecule has 3 nitrogen and oxygen atoms in total. The highest BCUT2D eigenvalue weighted by atomic mass is 15.0. The van der Waals surface area contributed by atoms with Crippen LogP contribution in [-0.4, -0.2) is 14.1 Å². The van der Waals surface area contributed by atoms with E-state index in [0.717, 1.165) is 40.9 Å². The Kier molecular flexibility index (Phi) is 6.17. The fourth-order valence-corrected chi connectivity index (χ4v) is 9.44. The summed E-state index contributed by atoms with van der Waals surface area (Å²) in [6.07, 6.45) is 13.0. The van der Waals surface area contributed by atoms with Crippen molar-refractivity contribution in [2.24, 2.45) is 0 Å². The number of nitrogens with zero attached hydrogens (tertiary/aromatic N) is 3. The molecule has 0 aliphatic heterocycles. The van der Waals surface area contributed by atoms with Crippen LogP contribution >= 0.6 is 0 Å². The predicted octanol–water partition coefficient (Wildman–Crippen LogP) is 13.1. The van der Waals surface area contributed by atoms with Crippen LogP contribution in [0.3, 0.4) is 0 Å². The van der Waals surface area contributed by atoms with Gasteiger partial charge in [0.2, 0.25) is 0 Å². The SMILES string of the molecule is C1=Cc2ccc3c(-c4cncc(-c5cc(-n6c7ccccc7c7ccccc76)cc(-n6c7ccccc7c7ccccc76)c5)c4)ccc4c3c2C(=CC4)C1. The van der Waals surface area contributed by atoms with Crippen molar-refractivity contribution in [3.8, 4) is 33.6 Å². The molecule has 0 spiro atoms. The minimum absolute atomic E-state index is 0.982. The van der Waals surface area contributed by atoms with Gasteiger partial charge in [0, 0.05) is 56.4 Å². The Hall–Kier alpha value is -6.97. The van der Waals surface area contributed by atoms with E-state index in [1.54, 1.807) is 0 Å². The number of allylic oxidation sites excluding steroid dienone is 3. The summed E-state index contributed by atoms with van der Waals surface area (Å²) in [6, 6.07) is 53.7.